The van der Waals surface area contributed by atoms with Crippen molar-refractivity contribution in [2.45, 2.75) is 132 Å². The molecule has 27 heavy (non-hydrogen) atoms. The third-order valence-electron chi connectivity index (χ3n) is 6.94. The Balaban J connectivity index is 0.000000838. The van der Waals surface area contributed by atoms with E-state index < -0.39 is 0 Å². The highest BCUT2D eigenvalue weighted by Gasteiger charge is 2.42. The van der Waals surface area contributed by atoms with Gasteiger partial charge in [0.15, 0.2) is 0 Å². The fourth-order valence-electron chi connectivity index (χ4n) is 5.17. The number of hydrogen-bond acceptors (Lipinski definition) is 0. The summed E-state index contributed by atoms with van der Waals surface area (Å²) < 4.78 is 0. The molecule has 2 saturated carbocycles. The van der Waals surface area contributed by atoms with E-state index in [9.17, 15) is 0 Å². The van der Waals surface area contributed by atoms with E-state index >= 15 is 0 Å². The van der Waals surface area contributed by atoms with E-state index in [1.807, 2.05) is 13.8 Å². The first kappa shape index (κ1) is 26.5. The predicted molar refractivity (Wildman–Crippen MR) is 126 cm³/mol. The van der Waals surface area contributed by atoms with Crippen molar-refractivity contribution in [2.75, 3.05) is 0 Å². The molecule has 1 spiro atoms. The molecule has 0 heteroatoms. The van der Waals surface area contributed by atoms with Crippen LogP contribution in [0.4, 0.5) is 0 Å². The Morgan fingerprint density at radius 3 is 2.00 bits per heavy atom. The van der Waals surface area contributed by atoms with Gasteiger partial charge in [0.05, 0.1) is 0 Å². The van der Waals surface area contributed by atoms with Gasteiger partial charge in [0.25, 0.3) is 0 Å². The van der Waals surface area contributed by atoms with Gasteiger partial charge in [-0.3, -0.25) is 0 Å². The molecule has 0 aliphatic heterocycles. The normalized spacial score (nSPS) is 24.3. The van der Waals surface area contributed by atoms with Crippen LogP contribution in [0.2, 0.25) is 0 Å². The van der Waals surface area contributed by atoms with Gasteiger partial charge in [-0.05, 0) is 73.3 Å². The minimum Gasteiger partial charge on any atom is -0.0953 e. The molecular formula is C27H52. The van der Waals surface area contributed by atoms with Crippen molar-refractivity contribution in [3.05, 3.63) is 23.8 Å². The van der Waals surface area contributed by atoms with Gasteiger partial charge in [0, 0.05) is 0 Å². The quantitative estimate of drug-likeness (QED) is 0.404. The van der Waals surface area contributed by atoms with Crippen LogP contribution in [0.25, 0.3) is 0 Å². The molecule has 0 radical (unpaired) electrons. The molecule has 2 aliphatic rings. The standard InChI is InChI=1S/C20H34.C5H12.C2H6/c1-5-10-18(6-2)17(4)19-12-11-16(3)20(15-19)13-8-7-9-14-20;1-3-5-4-2;1-2/h10,16,19H,4-9,11-15H2,1-3H3;3-5H2,1-2H3;1-2H3/b18-10-;;. The maximum atomic E-state index is 4.50. The lowest BCUT2D eigenvalue weighted by molar-refractivity contribution is 0.0386. The second-order valence-corrected chi connectivity index (χ2v) is 8.67. The smallest absolute Gasteiger partial charge is 0.0160 e. The summed E-state index contributed by atoms with van der Waals surface area (Å²) in [5, 5.41) is 0. The summed E-state index contributed by atoms with van der Waals surface area (Å²) in [5.41, 5.74) is 3.68. The summed E-state index contributed by atoms with van der Waals surface area (Å²) in [5.74, 6) is 1.70. The van der Waals surface area contributed by atoms with E-state index in [1.165, 1.54) is 81.8 Å². The van der Waals surface area contributed by atoms with Crippen molar-refractivity contribution in [1.29, 1.82) is 0 Å². The topological polar surface area (TPSA) is 0 Å². The Hall–Kier alpha value is -0.520. The first-order valence-electron chi connectivity index (χ1n) is 12.4. The van der Waals surface area contributed by atoms with Gasteiger partial charge < -0.3 is 0 Å². The van der Waals surface area contributed by atoms with Crippen LogP contribution in [-0.2, 0) is 0 Å². The third-order valence-corrected chi connectivity index (χ3v) is 6.94. The Kier molecular flexibility index (Phi) is 15.1. The Labute approximate surface area is 173 Å². The van der Waals surface area contributed by atoms with Gasteiger partial charge in [-0.2, -0.15) is 0 Å². The molecule has 2 fully saturated rings. The second kappa shape index (κ2) is 15.4. The third kappa shape index (κ3) is 8.57. The van der Waals surface area contributed by atoms with E-state index in [0.717, 1.165) is 24.7 Å². The summed E-state index contributed by atoms with van der Waals surface area (Å²) in [7, 11) is 0. The molecule has 0 nitrogen and oxygen atoms in total. The molecule has 0 heterocycles. The first-order valence-corrected chi connectivity index (χ1v) is 12.4. The fourth-order valence-corrected chi connectivity index (χ4v) is 5.17. The van der Waals surface area contributed by atoms with Gasteiger partial charge in [-0.25, -0.2) is 0 Å². The first-order chi connectivity index (χ1) is 13.0. The number of hydrogen-bond donors (Lipinski definition) is 0. The molecule has 0 aromatic heterocycles. The molecule has 2 atom stereocenters. The molecule has 2 unspecified atom stereocenters. The zero-order valence-corrected chi connectivity index (χ0v) is 20.1. The monoisotopic (exact) mass is 376 g/mol. The van der Waals surface area contributed by atoms with Gasteiger partial charge >= 0.3 is 0 Å². The number of allylic oxidation sites excluding steroid dienone is 3. The number of unbranched alkanes of at least 4 members (excludes halogenated alkanes) is 2. The molecule has 2 rings (SSSR count). The zero-order valence-electron chi connectivity index (χ0n) is 20.1. The van der Waals surface area contributed by atoms with Crippen molar-refractivity contribution in [1.82, 2.24) is 0 Å². The maximum absolute atomic E-state index is 4.50. The van der Waals surface area contributed by atoms with Crippen LogP contribution in [0.15, 0.2) is 23.8 Å². The molecule has 2 aliphatic carbocycles. The highest BCUT2D eigenvalue weighted by Crippen LogP contribution is 2.54. The minimum atomic E-state index is 0.662. The Morgan fingerprint density at radius 2 is 1.56 bits per heavy atom. The fraction of sp³-hybridized carbons (Fsp3) is 0.852. The molecule has 0 N–H and O–H groups in total. The average Bonchev–Trinajstić information content (AvgIpc) is 2.71. The van der Waals surface area contributed by atoms with Gasteiger partial charge in [0.1, 0.15) is 0 Å². The lowest BCUT2D eigenvalue weighted by Gasteiger charge is -2.49. The van der Waals surface area contributed by atoms with Crippen LogP contribution >= 0.6 is 0 Å². The summed E-state index contributed by atoms with van der Waals surface area (Å²) in [6.07, 6.45) is 20.4. The number of rotatable bonds is 6. The summed E-state index contributed by atoms with van der Waals surface area (Å²) in [6, 6.07) is 0. The average molecular weight is 377 g/mol. The van der Waals surface area contributed by atoms with E-state index in [0.29, 0.717) is 5.41 Å². The van der Waals surface area contributed by atoms with E-state index in [2.05, 4.69) is 47.3 Å². The van der Waals surface area contributed by atoms with Crippen molar-refractivity contribution < 1.29 is 0 Å². The molecule has 0 aromatic rings. The molecule has 0 saturated heterocycles. The van der Waals surface area contributed by atoms with Crippen molar-refractivity contribution in [3.8, 4) is 0 Å². The van der Waals surface area contributed by atoms with Crippen molar-refractivity contribution in [3.63, 3.8) is 0 Å². The zero-order chi connectivity index (χ0) is 20.7. The summed E-state index contributed by atoms with van der Waals surface area (Å²) >= 11 is 0. The lowest BCUT2D eigenvalue weighted by Crippen LogP contribution is -2.38. The highest BCUT2D eigenvalue weighted by atomic mass is 14.5. The Morgan fingerprint density at radius 1 is 0.963 bits per heavy atom. The Bertz CT molecular complexity index is 392. The lowest BCUT2D eigenvalue weighted by atomic mass is 9.56. The van der Waals surface area contributed by atoms with E-state index in [-0.39, 0.29) is 0 Å². The predicted octanol–water partition coefficient (Wildman–Crippen LogP) is 9.90. The maximum Gasteiger partial charge on any atom is -0.0160 e. The van der Waals surface area contributed by atoms with Crippen molar-refractivity contribution in [2.24, 2.45) is 17.3 Å². The van der Waals surface area contributed by atoms with Crippen LogP contribution in [0.5, 0.6) is 0 Å². The largest absolute Gasteiger partial charge is 0.0953 e. The van der Waals surface area contributed by atoms with Gasteiger partial charge in [0.2, 0.25) is 0 Å². The van der Waals surface area contributed by atoms with E-state index in [4.69, 9.17) is 0 Å². The molecule has 0 bridgehead atoms. The summed E-state index contributed by atoms with van der Waals surface area (Å²) in [4.78, 5) is 0. The summed E-state index contributed by atoms with van der Waals surface area (Å²) in [6.45, 7) is 20.0. The van der Waals surface area contributed by atoms with Gasteiger partial charge in [-0.1, -0.05) is 99.6 Å². The van der Waals surface area contributed by atoms with E-state index in [1.54, 1.807) is 0 Å². The highest BCUT2D eigenvalue weighted by molar-refractivity contribution is 5.31. The van der Waals surface area contributed by atoms with Crippen molar-refractivity contribution >= 4 is 0 Å². The van der Waals surface area contributed by atoms with Crippen LogP contribution in [0.3, 0.4) is 0 Å². The molecule has 0 aromatic carbocycles. The van der Waals surface area contributed by atoms with Crippen LogP contribution in [0, 0.1) is 17.3 Å². The molecular weight excluding hydrogens is 324 g/mol. The van der Waals surface area contributed by atoms with Crippen LogP contribution in [0.1, 0.15) is 132 Å². The second-order valence-electron chi connectivity index (χ2n) is 8.67. The SMILES string of the molecule is C=C(/C(=C\CC)CC)C1CCC(C)C2(CCCCC2)C1.CC.CCCCC. The van der Waals surface area contributed by atoms with Crippen LogP contribution in [-0.4, -0.2) is 0 Å². The van der Waals surface area contributed by atoms with Gasteiger partial charge in [-0.15, -0.1) is 0 Å². The van der Waals surface area contributed by atoms with Crippen LogP contribution < -0.4 is 0 Å². The molecule has 0 amide bonds. The minimum absolute atomic E-state index is 0.662. The molecule has 160 valence electrons.